The highest BCUT2D eigenvalue weighted by Crippen LogP contribution is 2.32. The summed E-state index contributed by atoms with van der Waals surface area (Å²) in [6, 6.07) is 8.65. The van der Waals surface area contributed by atoms with E-state index in [-0.39, 0.29) is 5.41 Å². The zero-order valence-electron chi connectivity index (χ0n) is 12.3. The van der Waals surface area contributed by atoms with Crippen LogP contribution in [0.5, 0.6) is 0 Å². The minimum atomic E-state index is 0.129. The van der Waals surface area contributed by atoms with E-state index in [4.69, 9.17) is 0 Å². The fraction of sp³-hybridized carbons (Fsp3) is 0.294. The number of nitrogens with zero attached hydrogens (tertiary/aromatic N) is 2. The molecule has 2 heterocycles. The Morgan fingerprint density at radius 3 is 2.50 bits per heavy atom. The van der Waals surface area contributed by atoms with E-state index in [1.165, 1.54) is 16.3 Å². The van der Waals surface area contributed by atoms with Crippen molar-refractivity contribution in [3.05, 3.63) is 47.2 Å². The van der Waals surface area contributed by atoms with Crippen LogP contribution in [0, 0.1) is 6.92 Å². The summed E-state index contributed by atoms with van der Waals surface area (Å²) in [7, 11) is 0. The van der Waals surface area contributed by atoms with E-state index in [1.54, 1.807) is 11.3 Å². The van der Waals surface area contributed by atoms with Crippen molar-refractivity contribution in [2.45, 2.75) is 33.1 Å². The van der Waals surface area contributed by atoms with Crippen LogP contribution in [0.4, 0.5) is 0 Å². The van der Waals surface area contributed by atoms with E-state index in [9.17, 15) is 0 Å². The molecule has 0 saturated carbocycles. The van der Waals surface area contributed by atoms with Gasteiger partial charge in [0.1, 0.15) is 0 Å². The molecule has 1 aromatic carbocycles. The Morgan fingerprint density at radius 2 is 1.85 bits per heavy atom. The second kappa shape index (κ2) is 4.67. The molecule has 20 heavy (non-hydrogen) atoms. The number of pyridine rings is 1. The van der Waals surface area contributed by atoms with Gasteiger partial charge in [-0.2, -0.15) is 0 Å². The Hall–Kier alpha value is -1.74. The van der Waals surface area contributed by atoms with Gasteiger partial charge in [-0.25, -0.2) is 4.98 Å². The molecule has 0 unspecified atom stereocenters. The number of hydrogen-bond acceptors (Lipinski definition) is 3. The molecule has 0 saturated heterocycles. The smallest absolute Gasteiger partial charge is 0.0901 e. The number of benzene rings is 1. The number of thiazole rings is 1. The van der Waals surface area contributed by atoms with Crippen molar-refractivity contribution in [2.75, 3.05) is 0 Å². The van der Waals surface area contributed by atoms with E-state index in [0.717, 1.165) is 15.6 Å². The Labute approximate surface area is 123 Å². The van der Waals surface area contributed by atoms with Gasteiger partial charge in [-0.3, -0.25) is 4.98 Å². The summed E-state index contributed by atoms with van der Waals surface area (Å²) in [5, 5.41) is 3.56. The van der Waals surface area contributed by atoms with Crippen molar-refractivity contribution < 1.29 is 0 Å². The van der Waals surface area contributed by atoms with Crippen LogP contribution in [-0.4, -0.2) is 9.97 Å². The van der Waals surface area contributed by atoms with Gasteiger partial charge in [0.05, 0.1) is 15.6 Å². The van der Waals surface area contributed by atoms with Gasteiger partial charge >= 0.3 is 0 Å². The lowest BCUT2D eigenvalue weighted by Gasteiger charge is -2.21. The van der Waals surface area contributed by atoms with Gasteiger partial charge in [-0.15, -0.1) is 11.3 Å². The number of fused-ring (bicyclic) bond motifs is 1. The van der Waals surface area contributed by atoms with Gasteiger partial charge in [-0.05, 0) is 29.4 Å². The zero-order valence-corrected chi connectivity index (χ0v) is 13.1. The van der Waals surface area contributed by atoms with E-state index in [0.29, 0.717) is 0 Å². The number of rotatable bonds is 1. The molecule has 0 spiro atoms. The Balaban J connectivity index is 2.18. The van der Waals surface area contributed by atoms with Crippen molar-refractivity contribution in [3.63, 3.8) is 0 Å². The fourth-order valence-corrected chi connectivity index (χ4v) is 3.19. The molecule has 0 aliphatic carbocycles. The van der Waals surface area contributed by atoms with Crippen molar-refractivity contribution >= 4 is 22.1 Å². The summed E-state index contributed by atoms with van der Waals surface area (Å²) in [6.45, 7) is 8.74. The van der Waals surface area contributed by atoms with E-state index >= 15 is 0 Å². The van der Waals surface area contributed by atoms with Crippen molar-refractivity contribution in [3.8, 4) is 10.6 Å². The van der Waals surface area contributed by atoms with Gasteiger partial charge < -0.3 is 0 Å². The quantitative estimate of drug-likeness (QED) is 0.630. The second-order valence-electron chi connectivity index (χ2n) is 6.09. The molecule has 2 nitrogen and oxygen atoms in total. The SMILES string of the molecule is Cc1ncc(-c2cc3cccc(C(C)(C)C)c3cn2)s1. The summed E-state index contributed by atoms with van der Waals surface area (Å²) >= 11 is 1.69. The van der Waals surface area contributed by atoms with Crippen molar-refractivity contribution in [1.29, 1.82) is 0 Å². The third-order valence-electron chi connectivity index (χ3n) is 3.45. The molecule has 2 aromatic heterocycles. The molecule has 3 rings (SSSR count). The third-order valence-corrected chi connectivity index (χ3v) is 4.38. The molecule has 102 valence electrons. The lowest BCUT2D eigenvalue weighted by atomic mass is 9.84. The molecule has 0 radical (unpaired) electrons. The monoisotopic (exact) mass is 282 g/mol. The Bertz CT molecular complexity index is 766. The molecule has 0 aliphatic heterocycles. The third kappa shape index (κ3) is 2.34. The van der Waals surface area contributed by atoms with Crippen LogP contribution in [0.3, 0.4) is 0 Å². The molecule has 0 bridgehead atoms. The topological polar surface area (TPSA) is 25.8 Å². The molecular formula is C17H18N2S. The summed E-state index contributed by atoms with van der Waals surface area (Å²) in [4.78, 5) is 10.1. The maximum Gasteiger partial charge on any atom is 0.0901 e. The molecule has 0 aliphatic rings. The summed E-state index contributed by atoms with van der Waals surface area (Å²) in [6.07, 6.45) is 3.90. The molecule has 0 atom stereocenters. The molecule has 0 amide bonds. The van der Waals surface area contributed by atoms with Crippen LogP contribution in [0.15, 0.2) is 36.7 Å². The van der Waals surface area contributed by atoms with Gasteiger partial charge in [0, 0.05) is 17.8 Å². The summed E-state index contributed by atoms with van der Waals surface area (Å²) in [5.41, 5.74) is 2.48. The first kappa shape index (κ1) is 13.3. The maximum absolute atomic E-state index is 4.64. The van der Waals surface area contributed by atoms with Gasteiger partial charge in [0.15, 0.2) is 0 Å². The Morgan fingerprint density at radius 1 is 1.05 bits per heavy atom. The van der Waals surface area contributed by atoms with Gasteiger partial charge in [0.25, 0.3) is 0 Å². The lowest BCUT2D eigenvalue weighted by Crippen LogP contribution is -2.11. The highest BCUT2D eigenvalue weighted by atomic mass is 32.1. The molecule has 3 heteroatoms. The number of hydrogen-bond donors (Lipinski definition) is 0. The van der Waals surface area contributed by atoms with Crippen LogP contribution in [0.1, 0.15) is 31.3 Å². The average molecular weight is 282 g/mol. The van der Waals surface area contributed by atoms with Crippen LogP contribution < -0.4 is 0 Å². The normalized spacial score (nSPS) is 12.0. The summed E-state index contributed by atoms with van der Waals surface area (Å²) < 4.78 is 0. The zero-order chi connectivity index (χ0) is 14.3. The highest BCUT2D eigenvalue weighted by Gasteiger charge is 2.17. The maximum atomic E-state index is 4.64. The first-order valence-corrected chi connectivity index (χ1v) is 7.59. The fourth-order valence-electron chi connectivity index (χ4n) is 2.44. The van der Waals surface area contributed by atoms with Crippen molar-refractivity contribution in [1.82, 2.24) is 9.97 Å². The second-order valence-corrected chi connectivity index (χ2v) is 7.32. The standard InChI is InChI=1S/C17H18N2S/c1-11-18-10-16(20-11)15-8-12-6-5-7-14(17(2,3)4)13(12)9-19-15/h5-10H,1-4H3. The molecular weight excluding hydrogens is 264 g/mol. The van der Waals surface area contributed by atoms with Crippen LogP contribution in [0.25, 0.3) is 21.3 Å². The largest absolute Gasteiger partial charge is 0.255 e. The van der Waals surface area contributed by atoms with Crippen LogP contribution >= 0.6 is 11.3 Å². The van der Waals surface area contributed by atoms with E-state index in [1.807, 2.05) is 19.3 Å². The highest BCUT2D eigenvalue weighted by molar-refractivity contribution is 7.15. The number of aromatic nitrogens is 2. The molecule has 0 fully saturated rings. The first-order valence-electron chi connectivity index (χ1n) is 6.77. The van der Waals surface area contributed by atoms with Gasteiger partial charge in [0.2, 0.25) is 0 Å². The predicted octanol–water partition coefficient (Wildman–Crippen LogP) is 4.96. The lowest BCUT2D eigenvalue weighted by molar-refractivity contribution is 0.596. The molecule has 0 N–H and O–H groups in total. The average Bonchev–Trinajstić information content (AvgIpc) is 2.83. The predicted molar refractivity (Wildman–Crippen MR) is 86.3 cm³/mol. The first-order chi connectivity index (χ1) is 9.45. The van der Waals surface area contributed by atoms with Crippen molar-refractivity contribution in [2.24, 2.45) is 0 Å². The van der Waals surface area contributed by atoms with E-state index in [2.05, 4.69) is 55.0 Å². The number of aryl methyl sites for hydroxylation is 1. The summed E-state index contributed by atoms with van der Waals surface area (Å²) in [5.74, 6) is 0. The Kier molecular flexibility index (Phi) is 3.09. The minimum Gasteiger partial charge on any atom is -0.255 e. The minimum absolute atomic E-state index is 0.129. The van der Waals surface area contributed by atoms with Gasteiger partial charge in [-0.1, -0.05) is 39.0 Å². The molecule has 3 aromatic rings. The van der Waals surface area contributed by atoms with Crippen LogP contribution in [-0.2, 0) is 5.41 Å². The van der Waals surface area contributed by atoms with E-state index < -0.39 is 0 Å². The van der Waals surface area contributed by atoms with Crippen LogP contribution in [0.2, 0.25) is 0 Å².